The maximum atomic E-state index is 12.5. The highest BCUT2D eigenvalue weighted by molar-refractivity contribution is 5.85. The number of piperidine rings is 1. The van der Waals surface area contributed by atoms with Gasteiger partial charge in [-0.15, -0.1) is 0 Å². The topological polar surface area (TPSA) is 74.0 Å². The number of benzene rings is 2. The summed E-state index contributed by atoms with van der Waals surface area (Å²) in [6.07, 6.45) is 3.92. The Bertz CT molecular complexity index is 1200. The molecule has 1 aliphatic heterocycles. The summed E-state index contributed by atoms with van der Waals surface area (Å²) in [5, 5.41) is 0.976. The minimum Gasteiger partial charge on any atom is -0.492 e. The number of para-hydroxylation sites is 1. The summed E-state index contributed by atoms with van der Waals surface area (Å²) in [7, 11) is 0. The summed E-state index contributed by atoms with van der Waals surface area (Å²) < 4.78 is 5.96. The molecule has 2 N–H and O–H groups in total. The van der Waals surface area contributed by atoms with Crippen molar-refractivity contribution < 1.29 is 4.74 Å². The molecule has 6 heteroatoms. The van der Waals surface area contributed by atoms with E-state index in [-0.39, 0.29) is 5.56 Å². The zero-order valence-electron chi connectivity index (χ0n) is 16.3. The largest absolute Gasteiger partial charge is 0.492 e. The molecule has 0 saturated carbocycles. The molecule has 148 valence electrons. The third-order valence-corrected chi connectivity index (χ3v) is 5.59. The van der Waals surface area contributed by atoms with Crippen LogP contribution < -0.4 is 10.3 Å². The van der Waals surface area contributed by atoms with Crippen molar-refractivity contribution in [1.82, 2.24) is 19.9 Å². The second-order valence-corrected chi connectivity index (χ2v) is 7.61. The van der Waals surface area contributed by atoms with Gasteiger partial charge in [-0.3, -0.25) is 9.69 Å². The Morgan fingerprint density at radius 1 is 0.966 bits per heavy atom. The van der Waals surface area contributed by atoms with Gasteiger partial charge in [0.05, 0.1) is 16.6 Å². The van der Waals surface area contributed by atoms with Gasteiger partial charge in [0.2, 0.25) is 0 Å². The number of likely N-dealkylation sites (tertiary alicyclic amines) is 1. The van der Waals surface area contributed by atoms with Gasteiger partial charge in [0, 0.05) is 18.1 Å². The molecule has 0 unspecified atom stereocenters. The highest BCUT2D eigenvalue weighted by atomic mass is 16.5. The number of pyridine rings is 1. The van der Waals surface area contributed by atoms with Gasteiger partial charge in [0.15, 0.2) is 0 Å². The quantitative estimate of drug-likeness (QED) is 0.543. The number of nitrogens with one attached hydrogen (secondary N) is 2. The van der Waals surface area contributed by atoms with Crippen LogP contribution in [0.15, 0.2) is 53.3 Å². The Balaban J connectivity index is 1.36. The standard InChI is InChI=1S/C23H24N4O2/c28-23-18(14-16-6-2-3-7-19(16)26-23)22-24-20-9-8-17(15-21(20)25-22)29-13-12-27-10-4-1-5-11-27/h2-3,6-9,14-15H,1,4-5,10-13H2,(H,24,25)(H,26,28). The van der Waals surface area contributed by atoms with Crippen molar-refractivity contribution in [3.63, 3.8) is 0 Å². The molecule has 0 amide bonds. The highest BCUT2D eigenvalue weighted by Crippen LogP contribution is 2.24. The molecule has 0 radical (unpaired) electrons. The smallest absolute Gasteiger partial charge is 0.259 e. The van der Waals surface area contributed by atoms with Crippen LogP contribution in [-0.4, -0.2) is 46.1 Å². The fourth-order valence-corrected chi connectivity index (χ4v) is 4.00. The van der Waals surface area contributed by atoms with Crippen LogP contribution in [0.2, 0.25) is 0 Å². The van der Waals surface area contributed by atoms with Crippen LogP contribution in [0.4, 0.5) is 0 Å². The zero-order valence-corrected chi connectivity index (χ0v) is 16.3. The van der Waals surface area contributed by atoms with Crippen molar-refractivity contribution in [2.45, 2.75) is 19.3 Å². The molecular weight excluding hydrogens is 364 g/mol. The number of hydrogen-bond acceptors (Lipinski definition) is 4. The monoisotopic (exact) mass is 388 g/mol. The molecule has 0 bridgehead atoms. The van der Waals surface area contributed by atoms with E-state index in [1.807, 2.05) is 48.5 Å². The number of fused-ring (bicyclic) bond motifs is 2. The van der Waals surface area contributed by atoms with Gasteiger partial charge in [-0.2, -0.15) is 0 Å². The third-order valence-electron chi connectivity index (χ3n) is 5.59. The lowest BCUT2D eigenvalue weighted by atomic mass is 10.1. The summed E-state index contributed by atoms with van der Waals surface area (Å²) in [4.78, 5) is 25.8. The van der Waals surface area contributed by atoms with E-state index in [1.165, 1.54) is 32.4 Å². The molecule has 1 fully saturated rings. The van der Waals surface area contributed by atoms with E-state index in [0.717, 1.165) is 34.2 Å². The van der Waals surface area contributed by atoms with Crippen LogP contribution in [0.5, 0.6) is 5.75 Å². The van der Waals surface area contributed by atoms with Crippen LogP contribution in [0, 0.1) is 0 Å². The number of ether oxygens (including phenoxy) is 1. The normalized spacial score (nSPS) is 15.2. The SMILES string of the molecule is O=c1[nH]c2ccccc2cc1-c1nc2ccc(OCCN3CCCCC3)cc2[nH]1. The van der Waals surface area contributed by atoms with Crippen molar-refractivity contribution in [2.24, 2.45) is 0 Å². The third kappa shape index (κ3) is 3.76. The number of aromatic nitrogens is 3. The summed E-state index contributed by atoms with van der Waals surface area (Å²) >= 11 is 0. The first kappa shape index (κ1) is 17.9. The van der Waals surface area contributed by atoms with Gasteiger partial charge in [-0.1, -0.05) is 24.6 Å². The molecule has 2 aromatic carbocycles. The number of nitrogens with zero attached hydrogens (tertiary/aromatic N) is 2. The van der Waals surface area contributed by atoms with Crippen LogP contribution in [0.25, 0.3) is 33.3 Å². The fourth-order valence-electron chi connectivity index (χ4n) is 4.00. The lowest BCUT2D eigenvalue weighted by molar-refractivity contribution is 0.183. The molecular formula is C23H24N4O2. The Morgan fingerprint density at radius 2 is 1.83 bits per heavy atom. The number of imidazole rings is 1. The van der Waals surface area contributed by atoms with E-state index in [9.17, 15) is 4.79 Å². The second-order valence-electron chi connectivity index (χ2n) is 7.61. The van der Waals surface area contributed by atoms with Gasteiger partial charge in [0.25, 0.3) is 5.56 Å². The summed E-state index contributed by atoms with van der Waals surface area (Å²) in [5.41, 5.74) is 2.88. The second kappa shape index (κ2) is 7.72. The molecule has 1 saturated heterocycles. The van der Waals surface area contributed by atoms with Gasteiger partial charge >= 0.3 is 0 Å². The van der Waals surface area contributed by atoms with E-state index >= 15 is 0 Å². The summed E-state index contributed by atoms with van der Waals surface area (Å²) in [6.45, 7) is 3.98. The zero-order chi connectivity index (χ0) is 19.6. The van der Waals surface area contributed by atoms with Crippen molar-refractivity contribution in [2.75, 3.05) is 26.2 Å². The molecule has 5 rings (SSSR count). The van der Waals surface area contributed by atoms with E-state index in [1.54, 1.807) is 0 Å². The number of aromatic amines is 2. The van der Waals surface area contributed by atoms with Crippen molar-refractivity contribution in [3.8, 4) is 17.1 Å². The maximum absolute atomic E-state index is 12.5. The minimum atomic E-state index is -0.152. The fraction of sp³-hybridized carbons (Fsp3) is 0.304. The van der Waals surface area contributed by atoms with Gasteiger partial charge in [0.1, 0.15) is 18.2 Å². The lowest BCUT2D eigenvalue weighted by Crippen LogP contribution is -2.33. The molecule has 1 aliphatic rings. The summed E-state index contributed by atoms with van der Waals surface area (Å²) in [5.74, 6) is 1.38. The van der Waals surface area contributed by atoms with E-state index in [2.05, 4.69) is 19.9 Å². The van der Waals surface area contributed by atoms with Gasteiger partial charge in [-0.05, 0) is 55.6 Å². The first-order valence-electron chi connectivity index (χ1n) is 10.2. The first-order valence-corrected chi connectivity index (χ1v) is 10.2. The lowest BCUT2D eigenvalue weighted by Gasteiger charge is -2.26. The Kier molecular flexibility index (Phi) is 4.77. The molecule has 2 aromatic heterocycles. The molecule has 0 spiro atoms. The van der Waals surface area contributed by atoms with Crippen LogP contribution in [0.1, 0.15) is 19.3 Å². The van der Waals surface area contributed by atoms with Crippen molar-refractivity contribution in [3.05, 3.63) is 58.9 Å². The minimum absolute atomic E-state index is 0.152. The Morgan fingerprint density at radius 3 is 2.72 bits per heavy atom. The van der Waals surface area contributed by atoms with Crippen molar-refractivity contribution >= 4 is 21.9 Å². The van der Waals surface area contributed by atoms with Gasteiger partial charge < -0.3 is 14.7 Å². The number of H-pyrrole nitrogens is 2. The summed E-state index contributed by atoms with van der Waals surface area (Å²) in [6, 6.07) is 15.4. The predicted molar refractivity (Wildman–Crippen MR) is 115 cm³/mol. The van der Waals surface area contributed by atoms with Crippen LogP contribution >= 0.6 is 0 Å². The molecule has 3 heterocycles. The van der Waals surface area contributed by atoms with Gasteiger partial charge in [-0.25, -0.2) is 4.98 Å². The molecule has 6 nitrogen and oxygen atoms in total. The number of hydrogen-bond donors (Lipinski definition) is 2. The Hall–Kier alpha value is -3.12. The number of rotatable bonds is 5. The molecule has 0 aliphatic carbocycles. The van der Waals surface area contributed by atoms with E-state index in [0.29, 0.717) is 18.0 Å². The average Bonchev–Trinajstić information content (AvgIpc) is 3.17. The van der Waals surface area contributed by atoms with Crippen LogP contribution in [-0.2, 0) is 0 Å². The van der Waals surface area contributed by atoms with E-state index < -0.39 is 0 Å². The van der Waals surface area contributed by atoms with Crippen LogP contribution in [0.3, 0.4) is 0 Å². The average molecular weight is 388 g/mol. The first-order chi connectivity index (χ1) is 14.3. The Labute approximate surface area is 168 Å². The predicted octanol–water partition coefficient (Wildman–Crippen LogP) is 3.94. The highest BCUT2D eigenvalue weighted by Gasteiger charge is 2.12. The molecule has 29 heavy (non-hydrogen) atoms. The molecule has 4 aromatic rings. The maximum Gasteiger partial charge on any atom is 0.259 e. The van der Waals surface area contributed by atoms with Crippen molar-refractivity contribution in [1.29, 1.82) is 0 Å². The van der Waals surface area contributed by atoms with E-state index in [4.69, 9.17) is 4.74 Å². The molecule has 0 atom stereocenters.